The van der Waals surface area contributed by atoms with Crippen molar-refractivity contribution >= 4 is 0 Å². The molecule has 6 atom stereocenters. The van der Waals surface area contributed by atoms with Gasteiger partial charge in [-0.05, 0) is 67.7 Å². The molecule has 110 valence electrons. The lowest BCUT2D eigenvalue weighted by Gasteiger charge is -2.37. The Labute approximate surface area is 119 Å². The smallest absolute Gasteiger partial charge is 0.0129 e. The standard InChI is InChI=1S/C18H33N/c1-4-19-18(14-10-9-12(2)13(3)11-14)17-15-7-5-6-8-16(15)17/h12-19H,4-11H2,1-3H3. The zero-order chi connectivity index (χ0) is 13.4. The molecule has 1 nitrogen and oxygen atoms in total. The van der Waals surface area contributed by atoms with E-state index in [1.54, 1.807) is 0 Å². The summed E-state index contributed by atoms with van der Waals surface area (Å²) < 4.78 is 0. The Morgan fingerprint density at radius 1 is 0.947 bits per heavy atom. The molecule has 0 aromatic rings. The molecule has 0 bridgehead atoms. The van der Waals surface area contributed by atoms with E-state index in [0.29, 0.717) is 0 Å². The lowest BCUT2D eigenvalue weighted by Crippen LogP contribution is -2.42. The highest BCUT2D eigenvalue weighted by atomic mass is 14.9. The number of rotatable bonds is 4. The molecule has 6 unspecified atom stereocenters. The maximum Gasteiger partial charge on any atom is 0.0129 e. The SMILES string of the molecule is CCNC(C1CCC(C)C(C)C1)C1C2CCCCC21. The fourth-order valence-electron chi connectivity index (χ4n) is 5.35. The van der Waals surface area contributed by atoms with Gasteiger partial charge in [-0.25, -0.2) is 0 Å². The first-order valence-electron chi connectivity index (χ1n) is 8.95. The summed E-state index contributed by atoms with van der Waals surface area (Å²) in [6.07, 6.45) is 10.5. The van der Waals surface area contributed by atoms with Crippen LogP contribution in [0.15, 0.2) is 0 Å². The monoisotopic (exact) mass is 263 g/mol. The first-order valence-corrected chi connectivity index (χ1v) is 8.95. The van der Waals surface area contributed by atoms with Crippen LogP contribution in [0, 0.1) is 35.5 Å². The minimum atomic E-state index is 0.855. The highest BCUT2D eigenvalue weighted by Crippen LogP contribution is 2.59. The summed E-state index contributed by atoms with van der Waals surface area (Å²) in [5, 5.41) is 3.91. The zero-order valence-electron chi connectivity index (χ0n) is 13.2. The molecule has 0 radical (unpaired) electrons. The van der Waals surface area contributed by atoms with Gasteiger partial charge in [-0.15, -0.1) is 0 Å². The normalized spacial score (nSPS) is 47.5. The van der Waals surface area contributed by atoms with Crippen molar-refractivity contribution in [3.8, 4) is 0 Å². The largest absolute Gasteiger partial charge is 0.314 e. The second-order valence-electron chi connectivity index (χ2n) is 7.80. The minimum Gasteiger partial charge on any atom is -0.314 e. The molecule has 1 N–H and O–H groups in total. The quantitative estimate of drug-likeness (QED) is 0.789. The summed E-state index contributed by atoms with van der Waals surface area (Å²) in [5.41, 5.74) is 0. The predicted octanol–water partition coefficient (Wildman–Crippen LogP) is 4.47. The summed E-state index contributed by atoms with van der Waals surface area (Å²) >= 11 is 0. The lowest BCUT2D eigenvalue weighted by atomic mass is 9.72. The lowest BCUT2D eigenvalue weighted by molar-refractivity contribution is 0.157. The third kappa shape index (κ3) is 2.73. The molecular weight excluding hydrogens is 230 g/mol. The Balaban J connectivity index is 1.64. The van der Waals surface area contributed by atoms with Crippen molar-refractivity contribution in [3.63, 3.8) is 0 Å². The Hall–Kier alpha value is -0.0400. The number of nitrogens with one attached hydrogen (secondary N) is 1. The summed E-state index contributed by atoms with van der Waals surface area (Å²) in [7, 11) is 0. The summed E-state index contributed by atoms with van der Waals surface area (Å²) in [4.78, 5) is 0. The Bertz CT molecular complexity index is 288. The van der Waals surface area contributed by atoms with Gasteiger partial charge >= 0.3 is 0 Å². The van der Waals surface area contributed by atoms with Gasteiger partial charge in [0, 0.05) is 6.04 Å². The van der Waals surface area contributed by atoms with Gasteiger partial charge in [0.1, 0.15) is 0 Å². The van der Waals surface area contributed by atoms with Crippen molar-refractivity contribution in [3.05, 3.63) is 0 Å². The minimum absolute atomic E-state index is 0.855. The molecule has 0 amide bonds. The second kappa shape index (κ2) is 5.76. The van der Waals surface area contributed by atoms with Gasteiger partial charge < -0.3 is 5.32 Å². The van der Waals surface area contributed by atoms with Crippen molar-refractivity contribution in [2.75, 3.05) is 6.54 Å². The van der Waals surface area contributed by atoms with E-state index in [-0.39, 0.29) is 0 Å². The van der Waals surface area contributed by atoms with Crippen molar-refractivity contribution in [1.82, 2.24) is 5.32 Å². The van der Waals surface area contributed by atoms with Gasteiger partial charge in [0.25, 0.3) is 0 Å². The highest BCUT2D eigenvalue weighted by molar-refractivity contribution is 5.06. The van der Waals surface area contributed by atoms with E-state index in [1.165, 1.54) is 51.5 Å². The zero-order valence-corrected chi connectivity index (χ0v) is 13.2. The molecular formula is C18H33N. The van der Waals surface area contributed by atoms with E-state index in [2.05, 4.69) is 26.1 Å². The van der Waals surface area contributed by atoms with Crippen LogP contribution in [0.2, 0.25) is 0 Å². The third-order valence-corrected chi connectivity index (χ3v) is 6.72. The van der Waals surface area contributed by atoms with E-state index in [0.717, 1.165) is 41.5 Å². The fraction of sp³-hybridized carbons (Fsp3) is 1.00. The van der Waals surface area contributed by atoms with Crippen LogP contribution in [0.3, 0.4) is 0 Å². The third-order valence-electron chi connectivity index (χ3n) is 6.72. The first kappa shape index (κ1) is 13.9. The van der Waals surface area contributed by atoms with Crippen molar-refractivity contribution in [2.24, 2.45) is 35.5 Å². The molecule has 0 aromatic heterocycles. The van der Waals surface area contributed by atoms with Crippen LogP contribution in [0.5, 0.6) is 0 Å². The molecule has 3 rings (SSSR count). The van der Waals surface area contributed by atoms with Gasteiger partial charge in [-0.2, -0.15) is 0 Å². The second-order valence-corrected chi connectivity index (χ2v) is 7.80. The van der Waals surface area contributed by atoms with E-state index in [9.17, 15) is 0 Å². The maximum absolute atomic E-state index is 3.91. The van der Waals surface area contributed by atoms with Crippen LogP contribution in [-0.4, -0.2) is 12.6 Å². The fourth-order valence-corrected chi connectivity index (χ4v) is 5.35. The van der Waals surface area contributed by atoms with Crippen LogP contribution < -0.4 is 5.32 Å². The number of hydrogen-bond acceptors (Lipinski definition) is 1. The Morgan fingerprint density at radius 3 is 2.21 bits per heavy atom. The molecule has 0 aliphatic heterocycles. The van der Waals surface area contributed by atoms with Gasteiger partial charge in [0.2, 0.25) is 0 Å². The predicted molar refractivity (Wildman–Crippen MR) is 82.1 cm³/mol. The number of fused-ring (bicyclic) bond motifs is 1. The molecule has 1 heteroatoms. The molecule has 3 aliphatic carbocycles. The van der Waals surface area contributed by atoms with Gasteiger partial charge in [-0.3, -0.25) is 0 Å². The molecule has 0 spiro atoms. The van der Waals surface area contributed by atoms with Crippen LogP contribution in [0.25, 0.3) is 0 Å². The summed E-state index contributed by atoms with van der Waals surface area (Å²) in [5.74, 6) is 6.13. The molecule has 3 saturated carbocycles. The molecule has 0 saturated heterocycles. The van der Waals surface area contributed by atoms with E-state index in [1.807, 2.05) is 0 Å². The Kier molecular flexibility index (Phi) is 4.22. The van der Waals surface area contributed by atoms with Crippen LogP contribution in [0.4, 0.5) is 0 Å². The molecule has 0 heterocycles. The van der Waals surface area contributed by atoms with E-state index < -0.39 is 0 Å². The summed E-state index contributed by atoms with van der Waals surface area (Å²) in [6, 6.07) is 0.855. The number of hydrogen-bond donors (Lipinski definition) is 1. The molecule has 3 aliphatic rings. The van der Waals surface area contributed by atoms with Gasteiger partial charge in [-0.1, -0.05) is 40.0 Å². The van der Waals surface area contributed by atoms with Crippen LogP contribution in [0.1, 0.15) is 65.7 Å². The summed E-state index contributed by atoms with van der Waals surface area (Å²) in [6.45, 7) is 8.41. The maximum atomic E-state index is 3.91. The van der Waals surface area contributed by atoms with Crippen molar-refractivity contribution in [2.45, 2.75) is 71.8 Å². The van der Waals surface area contributed by atoms with Crippen LogP contribution >= 0.6 is 0 Å². The van der Waals surface area contributed by atoms with E-state index >= 15 is 0 Å². The highest BCUT2D eigenvalue weighted by Gasteiger charge is 2.55. The molecule has 19 heavy (non-hydrogen) atoms. The molecule has 3 fully saturated rings. The average molecular weight is 263 g/mol. The van der Waals surface area contributed by atoms with E-state index in [4.69, 9.17) is 0 Å². The van der Waals surface area contributed by atoms with Gasteiger partial charge in [0.05, 0.1) is 0 Å². The molecule has 0 aromatic carbocycles. The average Bonchev–Trinajstić information content (AvgIpc) is 3.13. The van der Waals surface area contributed by atoms with Crippen molar-refractivity contribution in [1.29, 1.82) is 0 Å². The van der Waals surface area contributed by atoms with Crippen molar-refractivity contribution < 1.29 is 0 Å². The Morgan fingerprint density at radius 2 is 1.63 bits per heavy atom. The topological polar surface area (TPSA) is 12.0 Å². The first-order chi connectivity index (χ1) is 9.22. The van der Waals surface area contributed by atoms with Crippen LogP contribution in [-0.2, 0) is 0 Å². The van der Waals surface area contributed by atoms with Gasteiger partial charge in [0.15, 0.2) is 0 Å².